The van der Waals surface area contributed by atoms with E-state index in [0.717, 1.165) is 5.69 Å². The summed E-state index contributed by atoms with van der Waals surface area (Å²) in [5, 5.41) is 13.8. The van der Waals surface area contributed by atoms with Crippen molar-refractivity contribution in [3.63, 3.8) is 0 Å². The zero-order valence-corrected chi connectivity index (χ0v) is 16.2. The first-order valence-electron chi connectivity index (χ1n) is 8.35. The highest BCUT2D eigenvalue weighted by atomic mass is 35.5. The molecule has 0 aliphatic rings. The molecule has 6 nitrogen and oxygen atoms in total. The minimum atomic E-state index is 0.0979. The number of halogens is 1. The number of aromatic nitrogens is 1. The molecule has 0 atom stereocenters. The van der Waals surface area contributed by atoms with Crippen LogP contribution in [0.1, 0.15) is 25.1 Å². The molecular weight excluding hydrogens is 354 g/mol. The van der Waals surface area contributed by atoms with E-state index < -0.39 is 0 Å². The van der Waals surface area contributed by atoms with Crippen LogP contribution in [0.4, 0.5) is 0 Å². The third-order valence-corrected chi connectivity index (χ3v) is 4.05. The van der Waals surface area contributed by atoms with Gasteiger partial charge in [-0.25, -0.2) is 4.98 Å². The first-order valence-corrected chi connectivity index (χ1v) is 8.73. The lowest BCUT2D eigenvalue weighted by molar-refractivity contribution is 0.164. The lowest BCUT2D eigenvalue weighted by Crippen LogP contribution is -2.40. The van der Waals surface area contributed by atoms with Crippen molar-refractivity contribution in [1.82, 2.24) is 9.88 Å². The smallest absolute Gasteiger partial charge is 0.230 e. The molecule has 2 rings (SSSR count). The van der Waals surface area contributed by atoms with E-state index in [0.29, 0.717) is 41.2 Å². The molecule has 0 radical (unpaired) electrons. The van der Waals surface area contributed by atoms with Gasteiger partial charge in [0.1, 0.15) is 5.75 Å². The number of ether oxygens (including phenoxy) is 2. The average Bonchev–Trinajstić information content (AvgIpc) is 2.61. The molecule has 0 saturated heterocycles. The molecule has 0 amide bonds. The van der Waals surface area contributed by atoms with Crippen LogP contribution in [0.2, 0.25) is 5.02 Å². The van der Waals surface area contributed by atoms with Crippen LogP contribution in [-0.4, -0.2) is 47.2 Å². The number of oxime groups is 1. The highest BCUT2D eigenvalue weighted by Gasteiger charge is 2.22. The molecule has 0 fully saturated rings. The fourth-order valence-corrected chi connectivity index (χ4v) is 2.59. The Morgan fingerprint density at radius 1 is 1.23 bits per heavy atom. The van der Waals surface area contributed by atoms with E-state index in [1.54, 1.807) is 31.4 Å². The number of amidine groups is 1. The summed E-state index contributed by atoms with van der Waals surface area (Å²) in [6.07, 6.45) is 0. The van der Waals surface area contributed by atoms with Crippen molar-refractivity contribution in [3.8, 4) is 11.6 Å². The Morgan fingerprint density at radius 3 is 2.50 bits per heavy atom. The molecule has 0 saturated carbocycles. The largest absolute Gasteiger partial charge is 0.438 e. The first-order chi connectivity index (χ1) is 12.5. The second-order valence-corrected chi connectivity index (χ2v) is 6.50. The molecule has 1 aromatic heterocycles. The zero-order valence-electron chi connectivity index (χ0n) is 15.4. The first kappa shape index (κ1) is 20.0. The van der Waals surface area contributed by atoms with E-state index in [-0.39, 0.29) is 6.04 Å². The number of methoxy groups -OCH3 is 1. The molecule has 1 heterocycles. The fourth-order valence-electron chi connectivity index (χ4n) is 2.46. The van der Waals surface area contributed by atoms with Crippen molar-refractivity contribution in [2.75, 3.05) is 20.3 Å². The summed E-state index contributed by atoms with van der Waals surface area (Å²) < 4.78 is 11.1. The second-order valence-electron chi connectivity index (χ2n) is 6.06. The zero-order chi connectivity index (χ0) is 19.1. The second kappa shape index (κ2) is 9.40. The molecule has 140 valence electrons. The molecule has 0 aliphatic carbocycles. The Labute approximate surface area is 159 Å². The van der Waals surface area contributed by atoms with E-state index in [1.165, 1.54) is 0 Å². The normalized spacial score (nSPS) is 11.7. The van der Waals surface area contributed by atoms with Crippen LogP contribution in [0.3, 0.4) is 0 Å². The van der Waals surface area contributed by atoms with Gasteiger partial charge in [-0.3, -0.25) is 0 Å². The Kier molecular flexibility index (Phi) is 7.24. The number of rotatable bonds is 7. The van der Waals surface area contributed by atoms with Crippen LogP contribution in [0.5, 0.6) is 11.6 Å². The minimum absolute atomic E-state index is 0.0979. The van der Waals surface area contributed by atoms with Gasteiger partial charge < -0.3 is 19.6 Å². The summed E-state index contributed by atoms with van der Waals surface area (Å²) in [6, 6.07) is 10.8. The Morgan fingerprint density at radius 2 is 1.92 bits per heavy atom. The van der Waals surface area contributed by atoms with Crippen LogP contribution in [0.25, 0.3) is 0 Å². The van der Waals surface area contributed by atoms with Crippen LogP contribution in [-0.2, 0) is 4.74 Å². The monoisotopic (exact) mass is 377 g/mol. The molecule has 2 aromatic rings. The molecule has 0 spiro atoms. The molecule has 0 aliphatic heterocycles. The van der Waals surface area contributed by atoms with Crippen LogP contribution in [0.15, 0.2) is 41.6 Å². The molecular formula is C19H24ClN3O3. The van der Waals surface area contributed by atoms with Crippen LogP contribution < -0.4 is 4.74 Å². The quantitative estimate of drug-likeness (QED) is 0.336. The highest BCUT2D eigenvalue weighted by Crippen LogP contribution is 2.27. The van der Waals surface area contributed by atoms with Gasteiger partial charge in [-0.2, -0.15) is 0 Å². The van der Waals surface area contributed by atoms with Crippen molar-refractivity contribution < 1.29 is 14.7 Å². The number of benzene rings is 1. The number of nitrogens with zero attached hydrogens (tertiary/aromatic N) is 3. The molecule has 7 heteroatoms. The average molecular weight is 378 g/mol. The van der Waals surface area contributed by atoms with Crippen molar-refractivity contribution in [1.29, 1.82) is 0 Å². The maximum absolute atomic E-state index is 9.70. The van der Waals surface area contributed by atoms with Gasteiger partial charge in [0.2, 0.25) is 5.88 Å². The molecule has 1 N–H and O–H groups in total. The van der Waals surface area contributed by atoms with Gasteiger partial charge in [0.05, 0.1) is 12.2 Å². The predicted molar refractivity (Wildman–Crippen MR) is 103 cm³/mol. The van der Waals surface area contributed by atoms with Gasteiger partial charge in [0.15, 0.2) is 5.84 Å². The van der Waals surface area contributed by atoms with Gasteiger partial charge >= 0.3 is 0 Å². The van der Waals surface area contributed by atoms with Gasteiger partial charge in [-0.1, -0.05) is 16.8 Å². The lowest BCUT2D eigenvalue weighted by Gasteiger charge is -2.29. The summed E-state index contributed by atoms with van der Waals surface area (Å²) in [6.45, 7) is 6.98. The van der Waals surface area contributed by atoms with Gasteiger partial charge in [-0.15, -0.1) is 0 Å². The molecule has 0 bridgehead atoms. The molecule has 26 heavy (non-hydrogen) atoms. The fraction of sp³-hybridized carbons (Fsp3) is 0.368. The summed E-state index contributed by atoms with van der Waals surface area (Å²) in [4.78, 5) is 6.41. The Balaban J connectivity index is 2.41. The summed E-state index contributed by atoms with van der Waals surface area (Å²) in [7, 11) is 1.64. The van der Waals surface area contributed by atoms with Crippen molar-refractivity contribution in [2.24, 2.45) is 5.16 Å². The molecule has 0 unspecified atom stereocenters. The number of aryl methyl sites for hydroxylation is 1. The molecule has 1 aromatic carbocycles. The maximum atomic E-state index is 9.70. The standard InChI is InChI=1S/C19H24ClN3O3/c1-13(2)23(11-12-25-4)18(22-24)17-10-5-14(3)21-19(17)26-16-8-6-15(20)7-9-16/h5-10,13,24H,11-12H2,1-4H3/b22-18-. The topological polar surface area (TPSA) is 67.2 Å². The van der Waals surface area contributed by atoms with Crippen molar-refractivity contribution in [3.05, 3.63) is 52.7 Å². The number of hydrogen-bond donors (Lipinski definition) is 1. The Bertz CT molecular complexity index is 748. The maximum Gasteiger partial charge on any atom is 0.230 e. The summed E-state index contributed by atoms with van der Waals surface area (Å²) >= 11 is 5.93. The third-order valence-electron chi connectivity index (χ3n) is 3.80. The van der Waals surface area contributed by atoms with E-state index >= 15 is 0 Å². The minimum Gasteiger partial charge on any atom is -0.438 e. The van der Waals surface area contributed by atoms with Crippen molar-refractivity contribution in [2.45, 2.75) is 26.8 Å². The van der Waals surface area contributed by atoms with Gasteiger partial charge in [0.25, 0.3) is 0 Å². The van der Waals surface area contributed by atoms with Gasteiger partial charge in [-0.05, 0) is 57.2 Å². The Hall–Kier alpha value is -2.31. The van der Waals surface area contributed by atoms with Gasteiger partial charge in [0, 0.05) is 30.4 Å². The van der Waals surface area contributed by atoms with E-state index in [9.17, 15) is 5.21 Å². The number of pyridine rings is 1. The third kappa shape index (κ3) is 5.09. The lowest BCUT2D eigenvalue weighted by atomic mass is 10.1. The van der Waals surface area contributed by atoms with Crippen molar-refractivity contribution >= 4 is 17.4 Å². The van der Waals surface area contributed by atoms with E-state index in [1.807, 2.05) is 37.8 Å². The van der Waals surface area contributed by atoms with Crippen LogP contribution in [0, 0.1) is 6.92 Å². The van der Waals surface area contributed by atoms with E-state index in [2.05, 4.69) is 10.1 Å². The SMILES string of the molecule is COCCN(/C(=N\O)c1ccc(C)nc1Oc1ccc(Cl)cc1)C(C)C. The summed E-state index contributed by atoms with van der Waals surface area (Å²) in [5.41, 5.74) is 1.39. The van der Waals surface area contributed by atoms with Crippen LogP contribution >= 0.6 is 11.6 Å². The number of hydrogen-bond acceptors (Lipinski definition) is 5. The van der Waals surface area contributed by atoms with E-state index in [4.69, 9.17) is 21.1 Å². The summed E-state index contributed by atoms with van der Waals surface area (Å²) in [5.74, 6) is 1.34. The highest BCUT2D eigenvalue weighted by molar-refractivity contribution is 6.30. The predicted octanol–water partition coefficient (Wildman–Crippen LogP) is 4.33.